The molecule has 0 saturated carbocycles. The molecule has 0 bridgehead atoms. The standard InChI is InChI=1S/C16H26N2O2/c1-4-6-19-16-8-13(17)7-15(9-16)18-10-12(3)20-11-14(18)5-2/h7-9,12,14H,4-6,10-11,17H2,1-3H3. The average molecular weight is 278 g/mol. The monoisotopic (exact) mass is 278 g/mol. The molecule has 2 unspecified atom stereocenters. The van der Waals surface area contributed by atoms with Crippen LogP contribution in [0.4, 0.5) is 11.4 Å². The number of hydrogen-bond donors (Lipinski definition) is 1. The van der Waals surface area contributed by atoms with Gasteiger partial charge in [0.2, 0.25) is 0 Å². The molecule has 4 heteroatoms. The van der Waals surface area contributed by atoms with Crippen LogP contribution in [0, 0.1) is 0 Å². The van der Waals surface area contributed by atoms with Crippen LogP contribution in [0.25, 0.3) is 0 Å². The van der Waals surface area contributed by atoms with Crippen molar-refractivity contribution in [3.63, 3.8) is 0 Å². The molecule has 1 aromatic carbocycles. The first kappa shape index (κ1) is 15.0. The van der Waals surface area contributed by atoms with Crippen LogP contribution >= 0.6 is 0 Å². The minimum atomic E-state index is 0.249. The van der Waals surface area contributed by atoms with Crippen LogP contribution in [0.2, 0.25) is 0 Å². The Hall–Kier alpha value is -1.42. The van der Waals surface area contributed by atoms with Crippen LogP contribution in [0.1, 0.15) is 33.6 Å². The Labute approximate surface area is 121 Å². The minimum Gasteiger partial charge on any atom is -0.493 e. The average Bonchev–Trinajstić information content (AvgIpc) is 2.44. The lowest BCUT2D eigenvalue weighted by Gasteiger charge is -2.40. The number of nitrogens with two attached hydrogens (primary N) is 1. The molecule has 112 valence electrons. The maximum absolute atomic E-state index is 6.02. The Kier molecular flexibility index (Phi) is 5.12. The van der Waals surface area contributed by atoms with Gasteiger partial charge in [0, 0.05) is 30.1 Å². The molecule has 1 aromatic rings. The summed E-state index contributed by atoms with van der Waals surface area (Å²) in [6.07, 6.45) is 2.31. The zero-order chi connectivity index (χ0) is 14.5. The van der Waals surface area contributed by atoms with Crippen molar-refractivity contribution in [3.05, 3.63) is 18.2 Å². The third-order valence-electron chi connectivity index (χ3n) is 3.66. The molecule has 20 heavy (non-hydrogen) atoms. The lowest BCUT2D eigenvalue weighted by atomic mass is 10.1. The van der Waals surface area contributed by atoms with Crippen molar-refractivity contribution < 1.29 is 9.47 Å². The molecule has 0 aliphatic carbocycles. The normalized spacial score (nSPS) is 22.9. The van der Waals surface area contributed by atoms with E-state index < -0.39 is 0 Å². The molecule has 0 amide bonds. The molecular weight excluding hydrogens is 252 g/mol. The van der Waals surface area contributed by atoms with E-state index in [4.69, 9.17) is 15.2 Å². The highest BCUT2D eigenvalue weighted by Crippen LogP contribution is 2.29. The van der Waals surface area contributed by atoms with Crippen LogP contribution in [0.3, 0.4) is 0 Å². The topological polar surface area (TPSA) is 47.7 Å². The molecule has 1 heterocycles. The van der Waals surface area contributed by atoms with E-state index >= 15 is 0 Å². The lowest BCUT2D eigenvalue weighted by Crippen LogP contribution is -2.48. The number of nitrogen functional groups attached to an aromatic ring is 1. The Morgan fingerprint density at radius 3 is 2.85 bits per heavy atom. The van der Waals surface area contributed by atoms with Gasteiger partial charge in [-0.3, -0.25) is 0 Å². The van der Waals surface area contributed by atoms with Gasteiger partial charge >= 0.3 is 0 Å². The van der Waals surface area contributed by atoms with Gasteiger partial charge in [-0.15, -0.1) is 0 Å². The third kappa shape index (κ3) is 3.57. The molecule has 1 aliphatic heterocycles. The van der Waals surface area contributed by atoms with Gasteiger partial charge in [-0.05, 0) is 25.8 Å². The van der Waals surface area contributed by atoms with E-state index in [0.29, 0.717) is 6.04 Å². The predicted molar refractivity (Wildman–Crippen MR) is 83.5 cm³/mol. The molecule has 2 atom stereocenters. The predicted octanol–water partition coefficient (Wildman–Crippen LogP) is 3.06. The van der Waals surface area contributed by atoms with Gasteiger partial charge in [0.25, 0.3) is 0 Å². The second-order valence-corrected chi connectivity index (χ2v) is 5.47. The van der Waals surface area contributed by atoms with Gasteiger partial charge in [0.05, 0.1) is 25.4 Å². The molecule has 2 rings (SSSR count). The van der Waals surface area contributed by atoms with Crippen LogP contribution in [-0.2, 0) is 4.74 Å². The molecular formula is C16H26N2O2. The molecule has 1 fully saturated rings. The fourth-order valence-corrected chi connectivity index (χ4v) is 2.57. The molecule has 0 aromatic heterocycles. The second kappa shape index (κ2) is 6.84. The van der Waals surface area contributed by atoms with Crippen molar-refractivity contribution in [2.75, 3.05) is 30.4 Å². The number of morpholine rings is 1. The van der Waals surface area contributed by atoms with Crippen LogP contribution in [-0.4, -0.2) is 31.9 Å². The zero-order valence-electron chi connectivity index (χ0n) is 12.8. The fraction of sp³-hybridized carbons (Fsp3) is 0.625. The van der Waals surface area contributed by atoms with Crippen molar-refractivity contribution in [3.8, 4) is 5.75 Å². The van der Waals surface area contributed by atoms with Crippen molar-refractivity contribution in [2.45, 2.75) is 45.8 Å². The van der Waals surface area contributed by atoms with Crippen molar-refractivity contribution in [2.24, 2.45) is 0 Å². The van der Waals surface area contributed by atoms with E-state index in [1.807, 2.05) is 12.1 Å². The summed E-state index contributed by atoms with van der Waals surface area (Å²) in [4.78, 5) is 2.39. The lowest BCUT2D eigenvalue weighted by molar-refractivity contribution is 0.0299. The number of ether oxygens (including phenoxy) is 2. The Bertz CT molecular complexity index is 436. The molecule has 4 nitrogen and oxygen atoms in total. The summed E-state index contributed by atoms with van der Waals surface area (Å²) in [7, 11) is 0. The highest BCUT2D eigenvalue weighted by atomic mass is 16.5. The third-order valence-corrected chi connectivity index (χ3v) is 3.66. The second-order valence-electron chi connectivity index (χ2n) is 5.47. The number of benzene rings is 1. The molecule has 0 radical (unpaired) electrons. The van der Waals surface area contributed by atoms with E-state index in [0.717, 1.165) is 49.7 Å². The van der Waals surface area contributed by atoms with Gasteiger partial charge < -0.3 is 20.1 Å². The maximum Gasteiger partial charge on any atom is 0.123 e. The summed E-state index contributed by atoms with van der Waals surface area (Å²) in [5.41, 5.74) is 7.91. The highest BCUT2D eigenvalue weighted by molar-refractivity contribution is 5.61. The number of hydrogen-bond acceptors (Lipinski definition) is 4. The zero-order valence-corrected chi connectivity index (χ0v) is 12.8. The number of anilines is 2. The number of nitrogens with zero attached hydrogens (tertiary/aromatic N) is 1. The van der Waals surface area contributed by atoms with Crippen LogP contribution in [0.15, 0.2) is 18.2 Å². The van der Waals surface area contributed by atoms with Crippen LogP contribution < -0.4 is 15.4 Å². The highest BCUT2D eigenvalue weighted by Gasteiger charge is 2.26. The van der Waals surface area contributed by atoms with Gasteiger partial charge in [0.1, 0.15) is 5.75 Å². The van der Waals surface area contributed by atoms with E-state index in [1.54, 1.807) is 0 Å². The summed E-state index contributed by atoms with van der Waals surface area (Å²) in [5.74, 6) is 0.857. The maximum atomic E-state index is 6.02. The molecule has 1 saturated heterocycles. The first-order valence-corrected chi connectivity index (χ1v) is 7.55. The van der Waals surface area contributed by atoms with E-state index in [2.05, 4.69) is 31.7 Å². The first-order chi connectivity index (χ1) is 9.63. The fourth-order valence-electron chi connectivity index (χ4n) is 2.57. The first-order valence-electron chi connectivity index (χ1n) is 7.55. The quantitative estimate of drug-likeness (QED) is 0.841. The van der Waals surface area contributed by atoms with Crippen molar-refractivity contribution in [1.82, 2.24) is 0 Å². The van der Waals surface area contributed by atoms with Gasteiger partial charge in [-0.25, -0.2) is 0 Å². The SMILES string of the molecule is CCCOc1cc(N)cc(N2CC(C)OCC2CC)c1. The van der Waals surface area contributed by atoms with Gasteiger partial charge in [-0.1, -0.05) is 13.8 Å². The summed E-state index contributed by atoms with van der Waals surface area (Å²) >= 11 is 0. The van der Waals surface area contributed by atoms with E-state index in [9.17, 15) is 0 Å². The van der Waals surface area contributed by atoms with Crippen molar-refractivity contribution in [1.29, 1.82) is 0 Å². The van der Waals surface area contributed by atoms with Crippen LogP contribution in [0.5, 0.6) is 5.75 Å². The van der Waals surface area contributed by atoms with E-state index in [1.165, 1.54) is 0 Å². The molecule has 1 aliphatic rings. The smallest absolute Gasteiger partial charge is 0.123 e. The molecule has 2 N–H and O–H groups in total. The Balaban J connectivity index is 2.22. The largest absolute Gasteiger partial charge is 0.493 e. The van der Waals surface area contributed by atoms with Gasteiger partial charge in [-0.2, -0.15) is 0 Å². The Morgan fingerprint density at radius 2 is 2.15 bits per heavy atom. The Morgan fingerprint density at radius 1 is 1.35 bits per heavy atom. The summed E-state index contributed by atoms with van der Waals surface area (Å²) in [5, 5.41) is 0. The van der Waals surface area contributed by atoms with Crippen molar-refractivity contribution >= 4 is 11.4 Å². The van der Waals surface area contributed by atoms with E-state index in [-0.39, 0.29) is 6.10 Å². The minimum absolute atomic E-state index is 0.249. The number of rotatable bonds is 5. The molecule has 0 spiro atoms. The summed E-state index contributed by atoms with van der Waals surface area (Å²) < 4.78 is 11.5. The summed E-state index contributed by atoms with van der Waals surface area (Å²) in [6, 6.07) is 6.42. The summed E-state index contributed by atoms with van der Waals surface area (Å²) in [6.45, 7) is 8.80. The van der Waals surface area contributed by atoms with Gasteiger partial charge in [0.15, 0.2) is 0 Å².